The lowest BCUT2D eigenvalue weighted by Gasteiger charge is -2.21. The van der Waals surface area contributed by atoms with Gasteiger partial charge in [0.15, 0.2) is 6.61 Å². The van der Waals surface area contributed by atoms with Crippen LogP contribution in [0.4, 0.5) is 0 Å². The summed E-state index contributed by atoms with van der Waals surface area (Å²) in [6.07, 6.45) is 6.21. The zero-order chi connectivity index (χ0) is 17.9. The maximum Gasteiger partial charge on any atom is 0.309 e. The van der Waals surface area contributed by atoms with Crippen LogP contribution in [-0.4, -0.2) is 38.7 Å². The van der Waals surface area contributed by atoms with Crippen molar-refractivity contribution in [2.45, 2.75) is 38.5 Å². The first kappa shape index (κ1) is 19.1. The molecule has 1 aromatic carbocycles. The average Bonchev–Trinajstić information content (AvgIpc) is 2.66. The second-order valence-electron chi connectivity index (χ2n) is 6.24. The third-order valence-electron chi connectivity index (χ3n) is 4.31. The van der Waals surface area contributed by atoms with E-state index in [0.29, 0.717) is 18.2 Å². The van der Waals surface area contributed by atoms with Crippen LogP contribution in [0, 0.1) is 5.92 Å². The second kappa shape index (κ2) is 10.6. The molecule has 2 rings (SSSR count). The van der Waals surface area contributed by atoms with E-state index in [9.17, 15) is 9.59 Å². The molecule has 0 unspecified atom stereocenters. The summed E-state index contributed by atoms with van der Waals surface area (Å²) in [5, 5.41) is 2.84. The zero-order valence-electron chi connectivity index (χ0n) is 14.8. The zero-order valence-corrected chi connectivity index (χ0v) is 14.8. The molecular formula is C19H27NO5. The van der Waals surface area contributed by atoms with Crippen LogP contribution >= 0.6 is 0 Å². The third-order valence-corrected chi connectivity index (χ3v) is 4.31. The fraction of sp³-hybridized carbons (Fsp3) is 0.579. The Bertz CT molecular complexity index is 537. The summed E-state index contributed by atoms with van der Waals surface area (Å²) >= 11 is 0. The van der Waals surface area contributed by atoms with Crippen LogP contribution in [0.2, 0.25) is 0 Å². The molecule has 1 fully saturated rings. The van der Waals surface area contributed by atoms with E-state index in [0.717, 1.165) is 5.75 Å². The first-order valence-electron chi connectivity index (χ1n) is 8.86. The lowest BCUT2D eigenvalue weighted by Crippen LogP contribution is -2.33. The van der Waals surface area contributed by atoms with Crippen molar-refractivity contribution >= 4 is 11.9 Å². The lowest BCUT2D eigenvalue weighted by molar-refractivity contribution is -0.149. The number of esters is 1. The molecule has 6 nitrogen and oxygen atoms in total. The molecule has 138 valence electrons. The molecule has 0 aromatic heterocycles. The van der Waals surface area contributed by atoms with E-state index in [1.165, 1.54) is 32.1 Å². The molecule has 1 amide bonds. The van der Waals surface area contributed by atoms with E-state index in [2.05, 4.69) is 5.32 Å². The maximum absolute atomic E-state index is 11.7. The minimum Gasteiger partial charge on any atom is -0.497 e. The van der Waals surface area contributed by atoms with Gasteiger partial charge in [0.1, 0.15) is 11.5 Å². The number of nitrogens with one attached hydrogen (secondary N) is 1. The summed E-state index contributed by atoms with van der Waals surface area (Å²) in [6.45, 7) is 0.653. The van der Waals surface area contributed by atoms with Gasteiger partial charge in [-0.15, -0.1) is 0 Å². The molecule has 6 heteroatoms. The van der Waals surface area contributed by atoms with Crippen LogP contribution in [0.25, 0.3) is 0 Å². The summed E-state index contributed by atoms with van der Waals surface area (Å²) in [7, 11) is 1.59. The second-order valence-corrected chi connectivity index (χ2v) is 6.24. The number of hydrogen-bond acceptors (Lipinski definition) is 5. The van der Waals surface area contributed by atoms with E-state index >= 15 is 0 Å². The molecule has 0 heterocycles. The van der Waals surface area contributed by atoms with E-state index in [1.54, 1.807) is 31.4 Å². The van der Waals surface area contributed by atoms with Crippen LogP contribution in [0.5, 0.6) is 11.5 Å². The van der Waals surface area contributed by atoms with Gasteiger partial charge in [-0.1, -0.05) is 19.3 Å². The Balaban J connectivity index is 1.54. The Morgan fingerprint density at radius 3 is 2.44 bits per heavy atom. The molecule has 0 saturated heterocycles. The van der Waals surface area contributed by atoms with Crippen molar-refractivity contribution in [3.8, 4) is 11.5 Å². The average molecular weight is 349 g/mol. The van der Waals surface area contributed by atoms with E-state index < -0.39 is 5.97 Å². The molecule has 25 heavy (non-hydrogen) atoms. The number of methoxy groups -OCH3 is 1. The quantitative estimate of drug-likeness (QED) is 0.694. The molecular weight excluding hydrogens is 322 g/mol. The van der Waals surface area contributed by atoms with E-state index in [1.807, 2.05) is 0 Å². The van der Waals surface area contributed by atoms with Crippen molar-refractivity contribution in [1.82, 2.24) is 5.32 Å². The molecule has 1 saturated carbocycles. The van der Waals surface area contributed by atoms with Crippen molar-refractivity contribution < 1.29 is 23.8 Å². The highest BCUT2D eigenvalue weighted by Gasteiger charge is 2.15. The number of carbonyl (C=O) groups excluding carboxylic acids is 2. The Labute approximate surface area is 148 Å². The molecule has 1 aliphatic rings. The Morgan fingerprint density at radius 1 is 1.08 bits per heavy atom. The van der Waals surface area contributed by atoms with E-state index in [-0.39, 0.29) is 25.5 Å². The van der Waals surface area contributed by atoms with Crippen LogP contribution in [0.15, 0.2) is 24.3 Å². The molecule has 0 bridgehead atoms. The normalized spacial score (nSPS) is 14.6. The van der Waals surface area contributed by atoms with Crippen LogP contribution in [0.1, 0.15) is 38.5 Å². The van der Waals surface area contributed by atoms with Gasteiger partial charge in [0.2, 0.25) is 0 Å². The standard InChI is InChI=1S/C19H27NO5/c1-23-16-7-9-17(10-8-16)24-12-11-19(22)25-14-18(21)20-13-15-5-3-2-4-6-15/h7-10,15H,2-6,11-14H2,1H3,(H,20,21). The van der Waals surface area contributed by atoms with Crippen LogP contribution in [0.3, 0.4) is 0 Å². The summed E-state index contributed by atoms with van der Waals surface area (Å²) in [5.74, 6) is 1.27. The van der Waals surface area contributed by atoms with Gasteiger partial charge < -0.3 is 19.5 Å². The lowest BCUT2D eigenvalue weighted by atomic mass is 9.89. The molecule has 1 aromatic rings. The number of ether oxygens (including phenoxy) is 3. The van der Waals surface area contributed by atoms with Crippen LogP contribution in [-0.2, 0) is 14.3 Å². The SMILES string of the molecule is COc1ccc(OCCC(=O)OCC(=O)NCC2CCCCC2)cc1. The predicted molar refractivity (Wildman–Crippen MR) is 93.6 cm³/mol. The Hall–Kier alpha value is -2.24. The Morgan fingerprint density at radius 2 is 1.76 bits per heavy atom. The molecule has 0 spiro atoms. The van der Waals surface area contributed by atoms with Gasteiger partial charge in [-0.3, -0.25) is 9.59 Å². The third kappa shape index (κ3) is 7.45. The smallest absolute Gasteiger partial charge is 0.309 e. The Kier molecular flexibility index (Phi) is 8.09. The topological polar surface area (TPSA) is 73.9 Å². The largest absolute Gasteiger partial charge is 0.497 e. The fourth-order valence-electron chi connectivity index (χ4n) is 2.84. The van der Waals surface area contributed by atoms with Crippen molar-refractivity contribution in [2.24, 2.45) is 5.92 Å². The predicted octanol–water partition coefficient (Wildman–Crippen LogP) is 2.70. The number of benzene rings is 1. The maximum atomic E-state index is 11.7. The van der Waals surface area contributed by atoms with Gasteiger partial charge in [0.05, 0.1) is 20.1 Å². The first-order chi connectivity index (χ1) is 12.2. The fourth-order valence-corrected chi connectivity index (χ4v) is 2.84. The highest BCUT2D eigenvalue weighted by atomic mass is 16.5. The van der Waals surface area contributed by atoms with Crippen molar-refractivity contribution in [1.29, 1.82) is 0 Å². The summed E-state index contributed by atoms with van der Waals surface area (Å²) < 4.78 is 15.5. The van der Waals surface area contributed by atoms with Gasteiger partial charge in [-0.05, 0) is 43.0 Å². The number of rotatable bonds is 9. The van der Waals surface area contributed by atoms with E-state index in [4.69, 9.17) is 14.2 Å². The molecule has 0 radical (unpaired) electrons. The first-order valence-corrected chi connectivity index (χ1v) is 8.86. The summed E-state index contributed by atoms with van der Waals surface area (Å²) in [6, 6.07) is 7.10. The summed E-state index contributed by atoms with van der Waals surface area (Å²) in [4.78, 5) is 23.4. The van der Waals surface area contributed by atoms with Crippen LogP contribution < -0.4 is 14.8 Å². The van der Waals surface area contributed by atoms with Gasteiger partial charge in [0, 0.05) is 6.54 Å². The number of amides is 1. The minimum absolute atomic E-state index is 0.0991. The van der Waals surface area contributed by atoms with Crippen molar-refractivity contribution in [3.63, 3.8) is 0 Å². The molecule has 1 N–H and O–H groups in total. The monoisotopic (exact) mass is 349 g/mol. The highest BCUT2D eigenvalue weighted by Crippen LogP contribution is 2.22. The van der Waals surface area contributed by atoms with Crippen molar-refractivity contribution in [3.05, 3.63) is 24.3 Å². The van der Waals surface area contributed by atoms with Gasteiger partial charge in [-0.2, -0.15) is 0 Å². The van der Waals surface area contributed by atoms with Gasteiger partial charge in [-0.25, -0.2) is 0 Å². The van der Waals surface area contributed by atoms with Crippen molar-refractivity contribution in [2.75, 3.05) is 26.9 Å². The molecule has 0 atom stereocenters. The van der Waals surface area contributed by atoms with Gasteiger partial charge in [0.25, 0.3) is 5.91 Å². The summed E-state index contributed by atoms with van der Waals surface area (Å²) in [5.41, 5.74) is 0. The highest BCUT2D eigenvalue weighted by molar-refractivity contribution is 5.80. The molecule has 1 aliphatic carbocycles. The number of hydrogen-bond donors (Lipinski definition) is 1. The van der Waals surface area contributed by atoms with Gasteiger partial charge >= 0.3 is 5.97 Å². The molecule has 0 aliphatic heterocycles. The number of carbonyl (C=O) groups is 2. The minimum atomic E-state index is -0.443.